The van der Waals surface area contributed by atoms with Gasteiger partial charge >= 0.3 is 0 Å². The average molecular weight is 159 g/mol. The van der Waals surface area contributed by atoms with E-state index in [1.54, 1.807) is 0 Å². The molecule has 1 heterocycles. The molecular formula is C8H17NO2. The molecule has 0 spiro atoms. The Bertz CT molecular complexity index is 147. The van der Waals surface area contributed by atoms with Crippen molar-refractivity contribution in [2.24, 2.45) is 5.73 Å². The highest BCUT2D eigenvalue weighted by Crippen LogP contribution is 2.26. The summed E-state index contributed by atoms with van der Waals surface area (Å²) in [6.45, 7) is 5.70. The van der Waals surface area contributed by atoms with Crippen LogP contribution in [0.2, 0.25) is 0 Å². The number of aliphatic hydroxyl groups is 1. The van der Waals surface area contributed by atoms with Crippen molar-refractivity contribution in [3.05, 3.63) is 0 Å². The predicted molar refractivity (Wildman–Crippen MR) is 43.2 cm³/mol. The van der Waals surface area contributed by atoms with Gasteiger partial charge < -0.3 is 15.6 Å². The van der Waals surface area contributed by atoms with Gasteiger partial charge in [-0.25, -0.2) is 0 Å². The highest BCUT2D eigenvalue weighted by molar-refractivity contribution is 4.95. The predicted octanol–water partition coefficient (Wildman–Crippen LogP) is 0.262. The van der Waals surface area contributed by atoms with Gasteiger partial charge in [0.1, 0.15) is 0 Å². The van der Waals surface area contributed by atoms with Crippen LogP contribution < -0.4 is 5.73 Å². The zero-order chi connectivity index (χ0) is 8.65. The van der Waals surface area contributed by atoms with Gasteiger partial charge in [0.2, 0.25) is 0 Å². The van der Waals surface area contributed by atoms with Crippen molar-refractivity contribution in [1.29, 1.82) is 0 Å². The lowest BCUT2D eigenvalue weighted by Crippen LogP contribution is -2.59. The van der Waals surface area contributed by atoms with Crippen LogP contribution >= 0.6 is 0 Å². The van der Waals surface area contributed by atoms with E-state index in [0.717, 1.165) is 6.42 Å². The first-order chi connectivity index (χ1) is 4.93. The molecule has 0 bridgehead atoms. The van der Waals surface area contributed by atoms with Crippen LogP contribution in [0.4, 0.5) is 0 Å². The Morgan fingerprint density at radius 3 is 2.55 bits per heavy atom. The summed E-state index contributed by atoms with van der Waals surface area (Å²) in [5, 5.41) is 9.57. The normalized spacial score (nSPS) is 52.6. The van der Waals surface area contributed by atoms with Crippen LogP contribution in [0.15, 0.2) is 0 Å². The third kappa shape index (κ3) is 1.72. The van der Waals surface area contributed by atoms with Crippen LogP contribution in [0.3, 0.4) is 0 Å². The minimum Gasteiger partial charge on any atom is -0.389 e. The fourth-order valence-electron chi connectivity index (χ4n) is 1.77. The molecule has 1 saturated heterocycles. The zero-order valence-electron chi connectivity index (χ0n) is 7.37. The van der Waals surface area contributed by atoms with Crippen LogP contribution in [0.1, 0.15) is 27.2 Å². The average Bonchev–Trinajstić information content (AvgIpc) is 1.81. The fourth-order valence-corrected chi connectivity index (χ4v) is 1.77. The minimum absolute atomic E-state index is 0.145. The molecule has 0 saturated carbocycles. The lowest BCUT2D eigenvalue weighted by molar-refractivity contribution is -0.135. The van der Waals surface area contributed by atoms with Gasteiger partial charge in [0.15, 0.2) is 0 Å². The molecule has 0 aromatic carbocycles. The molecule has 0 aromatic rings. The highest BCUT2D eigenvalue weighted by atomic mass is 16.5. The quantitative estimate of drug-likeness (QED) is 0.533. The summed E-state index contributed by atoms with van der Waals surface area (Å²) in [6, 6.07) is 0. The molecule has 3 heteroatoms. The van der Waals surface area contributed by atoms with Gasteiger partial charge in [-0.1, -0.05) is 0 Å². The van der Waals surface area contributed by atoms with Gasteiger partial charge in [0, 0.05) is 5.54 Å². The van der Waals surface area contributed by atoms with Gasteiger partial charge in [-0.2, -0.15) is 0 Å². The number of aliphatic hydroxyl groups excluding tert-OH is 1. The van der Waals surface area contributed by atoms with Gasteiger partial charge in [-0.05, 0) is 27.2 Å². The molecule has 1 aliphatic rings. The molecule has 1 aliphatic heterocycles. The SMILES string of the molecule is CC1O[C@@H](C)CC(C)(N)[C@@H]1O. The van der Waals surface area contributed by atoms with Crippen molar-refractivity contribution in [2.45, 2.75) is 51.0 Å². The van der Waals surface area contributed by atoms with Gasteiger partial charge in [0.05, 0.1) is 18.3 Å². The van der Waals surface area contributed by atoms with Crippen LogP contribution in [0.25, 0.3) is 0 Å². The van der Waals surface area contributed by atoms with E-state index in [1.165, 1.54) is 0 Å². The molecule has 1 rings (SSSR count). The number of nitrogens with two attached hydrogens (primary N) is 1. The van der Waals surface area contributed by atoms with E-state index in [2.05, 4.69) is 0 Å². The van der Waals surface area contributed by atoms with Crippen molar-refractivity contribution in [3.8, 4) is 0 Å². The maximum atomic E-state index is 9.57. The summed E-state index contributed by atoms with van der Waals surface area (Å²) >= 11 is 0. The van der Waals surface area contributed by atoms with Gasteiger partial charge in [-0.15, -0.1) is 0 Å². The van der Waals surface area contributed by atoms with Crippen molar-refractivity contribution < 1.29 is 9.84 Å². The van der Waals surface area contributed by atoms with Crippen molar-refractivity contribution in [1.82, 2.24) is 0 Å². The van der Waals surface area contributed by atoms with Gasteiger partial charge in [0.25, 0.3) is 0 Å². The van der Waals surface area contributed by atoms with E-state index in [0.29, 0.717) is 0 Å². The summed E-state index contributed by atoms with van der Waals surface area (Å²) in [6.07, 6.45) is 0.189. The number of rotatable bonds is 0. The maximum absolute atomic E-state index is 9.57. The third-order valence-corrected chi connectivity index (χ3v) is 2.29. The molecule has 0 aliphatic carbocycles. The Labute approximate surface area is 67.5 Å². The second-order valence-electron chi connectivity index (χ2n) is 3.81. The number of ether oxygens (including phenoxy) is 1. The molecule has 3 nitrogen and oxygen atoms in total. The molecule has 0 radical (unpaired) electrons. The van der Waals surface area contributed by atoms with Crippen LogP contribution in [0, 0.1) is 0 Å². The van der Waals surface area contributed by atoms with Gasteiger partial charge in [-0.3, -0.25) is 0 Å². The standard InChI is InChI=1S/C8H17NO2/c1-5-4-8(3,9)7(10)6(2)11-5/h5-7,10H,4,9H2,1-3H3/t5-,6?,7+,8?/m0/s1. The Kier molecular flexibility index (Phi) is 2.23. The lowest BCUT2D eigenvalue weighted by atomic mass is 9.84. The topological polar surface area (TPSA) is 55.5 Å². The first-order valence-corrected chi connectivity index (χ1v) is 4.06. The molecule has 1 fully saturated rings. The minimum atomic E-state index is -0.543. The molecule has 66 valence electrons. The zero-order valence-corrected chi connectivity index (χ0v) is 7.37. The fraction of sp³-hybridized carbons (Fsp3) is 1.00. The van der Waals surface area contributed by atoms with E-state index in [9.17, 15) is 5.11 Å². The summed E-state index contributed by atoms with van der Waals surface area (Å²) < 4.78 is 5.40. The second kappa shape index (κ2) is 2.73. The van der Waals surface area contributed by atoms with Crippen LogP contribution in [0.5, 0.6) is 0 Å². The molecule has 0 amide bonds. The molecule has 2 unspecified atom stereocenters. The lowest BCUT2D eigenvalue weighted by Gasteiger charge is -2.42. The summed E-state index contributed by atoms with van der Waals surface area (Å²) in [7, 11) is 0. The molecule has 0 aromatic heterocycles. The first kappa shape index (κ1) is 8.97. The second-order valence-corrected chi connectivity index (χ2v) is 3.81. The van der Waals surface area contributed by atoms with E-state index in [1.807, 2.05) is 20.8 Å². The highest BCUT2D eigenvalue weighted by Gasteiger charge is 2.39. The third-order valence-electron chi connectivity index (χ3n) is 2.29. The summed E-state index contributed by atoms with van der Waals surface area (Å²) in [5.74, 6) is 0. The first-order valence-electron chi connectivity index (χ1n) is 4.06. The van der Waals surface area contributed by atoms with Crippen molar-refractivity contribution in [2.75, 3.05) is 0 Å². The van der Waals surface area contributed by atoms with E-state index < -0.39 is 11.6 Å². The monoisotopic (exact) mass is 159 g/mol. The Morgan fingerprint density at radius 1 is 1.55 bits per heavy atom. The number of hydrogen-bond acceptors (Lipinski definition) is 3. The van der Waals surface area contributed by atoms with Crippen molar-refractivity contribution >= 4 is 0 Å². The molecular weight excluding hydrogens is 142 g/mol. The molecule has 4 atom stereocenters. The molecule has 11 heavy (non-hydrogen) atoms. The smallest absolute Gasteiger partial charge is 0.0976 e. The Balaban J connectivity index is 2.67. The summed E-state index contributed by atoms with van der Waals surface area (Å²) in [4.78, 5) is 0. The van der Waals surface area contributed by atoms with E-state index in [4.69, 9.17) is 10.5 Å². The van der Waals surface area contributed by atoms with E-state index in [-0.39, 0.29) is 12.2 Å². The maximum Gasteiger partial charge on any atom is 0.0976 e. The summed E-state index contributed by atoms with van der Waals surface area (Å²) in [5.41, 5.74) is 5.38. The Hall–Kier alpha value is -0.120. The van der Waals surface area contributed by atoms with Crippen LogP contribution in [-0.2, 0) is 4.74 Å². The number of hydrogen-bond donors (Lipinski definition) is 2. The largest absolute Gasteiger partial charge is 0.389 e. The van der Waals surface area contributed by atoms with Crippen LogP contribution in [-0.4, -0.2) is 29.0 Å². The van der Waals surface area contributed by atoms with E-state index >= 15 is 0 Å². The van der Waals surface area contributed by atoms with Crippen molar-refractivity contribution in [3.63, 3.8) is 0 Å². The molecule has 3 N–H and O–H groups in total. The Morgan fingerprint density at radius 2 is 2.09 bits per heavy atom.